The molecule has 2 N–H and O–H groups in total. The van der Waals surface area contributed by atoms with Crippen LogP contribution in [-0.4, -0.2) is 62.4 Å². The van der Waals surface area contributed by atoms with Crippen LogP contribution in [0, 0.1) is 0 Å². The van der Waals surface area contributed by atoms with E-state index < -0.39 is 5.60 Å². The van der Waals surface area contributed by atoms with Crippen LogP contribution in [0.4, 0.5) is 10.5 Å². The molecule has 0 radical (unpaired) electrons. The van der Waals surface area contributed by atoms with Crippen molar-refractivity contribution in [1.29, 1.82) is 0 Å². The first-order valence-corrected chi connectivity index (χ1v) is 12.2. The third kappa shape index (κ3) is 7.39. The Morgan fingerprint density at radius 1 is 1.16 bits per heavy atom. The van der Waals surface area contributed by atoms with Gasteiger partial charge in [-0.3, -0.25) is 4.90 Å². The van der Waals surface area contributed by atoms with Crippen LogP contribution in [0.3, 0.4) is 0 Å². The maximum Gasteiger partial charge on any atom is 0.407 e. The minimum atomic E-state index is -0.450. The number of aryl methyl sites for hydroxylation is 1. The van der Waals surface area contributed by atoms with Crippen LogP contribution in [0.5, 0.6) is 0 Å². The smallest absolute Gasteiger partial charge is 0.407 e. The van der Waals surface area contributed by atoms with Crippen LogP contribution in [-0.2, 0) is 11.2 Å². The Labute approximate surface area is 188 Å². The molecule has 1 aliphatic carbocycles. The van der Waals surface area contributed by atoms with Gasteiger partial charge in [0, 0.05) is 44.5 Å². The zero-order valence-corrected chi connectivity index (χ0v) is 20.0. The Morgan fingerprint density at radius 3 is 2.65 bits per heavy atom. The van der Waals surface area contributed by atoms with Gasteiger partial charge in [0.25, 0.3) is 0 Å². The maximum absolute atomic E-state index is 11.8. The molecule has 1 fully saturated rings. The molecule has 174 valence electrons. The van der Waals surface area contributed by atoms with Crippen LogP contribution < -0.4 is 15.5 Å². The molecule has 0 aromatic heterocycles. The fourth-order valence-electron chi connectivity index (χ4n) is 4.61. The largest absolute Gasteiger partial charge is 0.444 e. The van der Waals surface area contributed by atoms with E-state index in [1.54, 1.807) is 0 Å². The number of fused-ring (bicyclic) bond motifs is 1. The van der Waals surface area contributed by atoms with E-state index in [-0.39, 0.29) is 6.09 Å². The Kier molecular flexibility index (Phi) is 8.61. The summed E-state index contributed by atoms with van der Waals surface area (Å²) >= 11 is 0. The number of anilines is 1. The van der Waals surface area contributed by atoms with Gasteiger partial charge in [0.15, 0.2) is 0 Å². The zero-order chi connectivity index (χ0) is 22.3. The SMILES string of the molecule is CCCN1CCN(c2ccc3c(c2)C(NCCCNC(=O)OC(C)(C)C)CCC3)CC1. The molecule has 1 atom stereocenters. The molecule has 0 bridgehead atoms. The molecule has 6 heteroatoms. The first-order valence-electron chi connectivity index (χ1n) is 12.2. The monoisotopic (exact) mass is 430 g/mol. The van der Waals surface area contributed by atoms with Crippen molar-refractivity contribution in [3.05, 3.63) is 29.3 Å². The van der Waals surface area contributed by atoms with Gasteiger partial charge in [0.05, 0.1) is 0 Å². The summed E-state index contributed by atoms with van der Waals surface area (Å²) in [5.74, 6) is 0. The van der Waals surface area contributed by atoms with Crippen molar-refractivity contribution in [2.45, 2.75) is 71.4 Å². The van der Waals surface area contributed by atoms with Crippen molar-refractivity contribution < 1.29 is 9.53 Å². The van der Waals surface area contributed by atoms with Gasteiger partial charge in [0.1, 0.15) is 5.60 Å². The normalized spacial score (nSPS) is 19.7. The Bertz CT molecular complexity index is 708. The summed E-state index contributed by atoms with van der Waals surface area (Å²) in [6.07, 6.45) is 5.39. The molecule has 2 aliphatic rings. The molecule has 3 rings (SSSR count). The van der Waals surface area contributed by atoms with Gasteiger partial charge in [-0.05, 0) is 89.2 Å². The molecule has 0 saturated carbocycles. The van der Waals surface area contributed by atoms with Crippen molar-refractivity contribution in [3.8, 4) is 0 Å². The number of alkyl carbamates (subject to hydrolysis) is 1. The van der Waals surface area contributed by atoms with E-state index >= 15 is 0 Å². The average molecular weight is 431 g/mol. The number of carbonyl (C=O) groups excluding carboxylic acids is 1. The number of rotatable bonds is 8. The average Bonchev–Trinajstić information content (AvgIpc) is 2.73. The summed E-state index contributed by atoms with van der Waals surface area (Å²) < 4.78 is 5.29. The van der Waals surface area contributed by atoms with Crippen LogP contribution in [0.25, 0.3) is 0 Å². The summed E-state index contributed by atoms with van der Waals surface area (Å²) in [6, 6.07) is 7.51. The molecule has 1 aliphatic heterocycles. The number of ether oxygens (including phenoxy) is 1. The number of nitrogens with zero attached hydrogens (tertiary/aromatic N) is 2. The van der Waals surface area contributed by atoms with Crippen LogP contribution in [0.1, 0.15) is 70.5 Å². The third-order valence-corrected chi connectivity index (χ3v) is 6.13. The lowest BCUT2D eigenvalue weighted by molar-refractivity contribution is 0.0527. The van der Waals surface area contributed by atoms with E-state index in [1.165, 1.54) is 49.0 Å². The van der Waals surface area contributed by atoms with E-state index in [0.717, 1.165) is 39.1 Å². The minimum Gasteiger partial charge on any atom is -0.444 e. The number of hydrogen-bond acceptors (Lipinski definition) is 5. The highest BCUT2D eigenvalue weighted by atomic mass is 16.6. The molecule has 1 heterocycles. The van der Waals surface area contributed by atoms with Gasteiger partial charge < -0.3 is 20.3 Å². The highest BCUT2D eigenvalue weighted by molar-refractivity contribution is 5.67. The summed E-state index contributed by atoms with van der Waals surface area (Å²) in [7, 11) is 0. The molecule has 1 amide bonds. The lowest BCUT2D eigenvalue weighted by atomic mass is 9.87. The number of hydrogen-bond donors (Lipinski definition) is 2. The summed E-state index contributed by atoms with van der Waals surface area (Å²) in [5.41, 5.74) is 3.88. The molecule has 6 nitrogen and oxygen atoms in total. The Hall–Kier alpha value is -1.79. The Morgan fingerprint density at radius 2 is 1.94 bits per heavy atom. The fourth-order valence-corrected chi connectivity index (χ4v) is 4.61. The lowest BCUT2D eigenvalue weighted by Crippen LogP contribution is -2.46. The molecular weight excluding hydrogens is 388 g/mol. The van der Waals surface area contributed by atoms with Crippen LogP contribution in [0.15, 0.2) is 18.2 Å². The van der Waals surface area contributed by atoms with E-state index in [9.17, 15) is 4.79 Å². The predicted octanol–water partition coefficient (Wildman–Crippen LogP) is 4.10. The fraction of sp³-hybridized carbons (Fsp3) is 0.720. The van der Waals surface area contributed by atoms with Gasteiger partial charge in [-0.1, -0.05) is 13.0 Å². The van der Waals surface area contributed by atoms with Gasteiger partial charge in [-0.25, -0.2) is 4.79 Å². The van der Waals surface area contributed by atoms with Gasteiger partial charge in [-0.2, -0.15) is 0 Å². The highest BCUT2D eigenvalue weighted by Gasteiger charge is 2.23. The topological polar surface area (TPSA) is 56.8 Å². The molecule has 1 aromatic rings. The van der Waals surface area contributed by atoms with E-state index in [0.29, 0.717) is 12.6 Å². The molecule has 1 saturated heterocycles. The van der Waals surface area contributed by atoms with E-state index in [4.69, 9.17) is 4.74 Å². The predicted molar refractivity (Wildman–Crippen MR) is 128 cm³/mol. The van der Waals surface area contributed by atoms with Crippen molar-refractivity contribution in [2.75, 3.05) is 50.7 Å². The second kappa shape index (κ2) is 11.2. The van der Waals surface area contributed by atoms with Crippen molar-refractivity contribution >= 4 is 11.8 Å². The molecule has 0 spiro atoms. The highest BCUT2D eigenvalue weighted by Crippen LogP contribution is 2.33. The van der Waals surface area contributed by atoms with E-state index in [2.05, 4.69) is 45.6 Å². The van der Waals surface area contributed by atoms with Gasteiger partial charge in [0.2, 0.25) is 0 Å². The number of piperazine rings is 1. The second-order valence-electron chi connectivity index (χ2n) is 9.89. The van der Waals surface area contributed by atoms with Crippen LogP contribution >= 0.6 is 0 Å². The lowest BCUT2D eigenvalue weighted by Gasteiger charge is -2.37. The Balaban J connectivity index is 1.49. The second-order valence-corrected chi connectivity index (χ2v) is 9.89. The molecule has 1 unspecified atom stereocenters. The number of benzene rings is 1. The minimum absolute atomic E-state index is 0.334. The first kappa shape index (κ1) is 23.9. The van der Waals surface area contributed by atoms with Crippen molar-refractivity contribution in [1.82, 2.24) is 15.5 Å². The number of nitrogens with one attached hydrogen (secondary N) is 2. The molecule has 31 heavy (non-hydrogen) atoms. The number of carbonyl (C=O) groups is 1. The van der Waals surface area contributed by atoms with Crippen molar-refractivity contribution in [2.24, 2.45) is 0 Å². The summed E-state index contributed by atoms with van der Waals surface area (Å²) in [5, 5.41) is 6.58. The summed E-state index contributed by atoms with van der Waals surface area (Å²) in [6.45, 7) is 15.2. The van der Waals surface area contributed by atoms with Gasteiger partial charge in [-0.15, -0.1) is 0 Å². The van der Waals surface area contributed by atoms with E-state index in [1.807, 2.05) is 20.8 Å². The molecular formula is C25H42N4O2. The third-order valence-electron chi connectivity index (χ3n) is 6.13. The molecule has 1 aromatic carbocycles. The van der Waals surface area contributed by atoms with Gasteiger partial charge >= 0.3 is 6.09 Å². The quantitative estimate of drug-likeness (QED) is 0.608. The number of amides is 1. The van der Waals surface area contributed by atoms with Crippen LogP contribution in [0.2, 0.25) is 0 Å². The standard InChI is InChI=1S/C25H42N4O2/c1-5-14-28-15-17-29(18-16-28)21-11-10-20-8-6-9-23(22(20)19-21)26-12-7-13-27-24(30)31-25(2,3)4/h10-11,19,23,26H,5-9,12-18H2,1-4H3,(H,27,30). The zero-order valence-electron chi connectivity index (χ0n) is 20.0. The summed E-state index contributed by atoms with van der Waals surface area (Å²) in [4.78, 5) is 16.9. The van der Waals surface area contributed by atoms with Crippen molar-refractivity contribution in [3.63, 3.8) is 0 Å². The maximum atomic E-state index is 11.8. The first-order chi connectivity index (χ1) is 14.9.